The molecule has 0 amide bonds. The number of hydrogen-bond acceptors (Lipinski definition) is 4. The third kappa shape index (κ3) is 3.62. The van der Waals surface area contributed by atoms with E-state index in [1.807, 2.05) is 37.3 Å². The second-order valence-electron chi connectivity index (χ2n) is 6.37. The van der Waals surface area contributed by atoms with Gasteiger partial charge in [0.25, 0.3) is 0 Å². The fraction of sp³-hybridized carbons (Fsp3) is 0.0435. The van der Waals surface area contributed by atoms with Gasteiger partial charge in [0.05, 0.1) is 10.5 Å². The van der Waals surface area contributed by atoms with Crippen LogP contribution in [0.1, 0.15) is 31.8 Å². The molecule has 28 heavy (non-hydrogen) atoms. The van der Waals surface area contributed by atoms with Crippen LogP contribution in [0.15, 0.2) is 76.5 Å². The summed E-state index contributed by atoms with van der Waals surface area (Å²) in [5.41, 5.74) is 2.54. The fourth-order valence-electron chi connectivity index (χ4n) is 2.90. The Morgan fingerprint density at radius 2 is 1.79 bits per heavy atom. The lowest BCUT2D eigenvalue weighted by Gasteiger charge is -2.09. The van der Waals surface area contributed by atoms with Crippen LogP contribution < -0.4 is 4.74 Å². The van der Waals surface area contributed by atoms with Crippen molar-refractivity contribution in [1.29, 1.82) is 0 Å². The highest BCUT2D eigenvalue weighted by molar-refractivity contribution is 8.04. The summed E-state index contributed by atoms with van der Waals surface area (Å²) < 4.78 is 18.6. The van der Waals surface area contributed by atoms with Gasteiger partial charge in [0.2, 0.25) is 5.78 Å². The summed E-state index contributed by atoms with van der Waals surface area (Å²) in [6, 6.07) is 18.0. The van der Waals surface area contributed by atoms with E-state index in [0.717, 1.165) is 10.5 Å². The monoisotopic (exact) mass is 390 g/mol. The quantitative estimate of drug-likeness (QED) is 0.328. The third-order valence-electron chi connectivity index (χ3n) is 4.31. The number of benzene rings is 3. The number of esters is 1. The number of aryl methyl sites for hydroxylation is 1. The van der Waals surface area contributed by atoms with Crippen molar-refractivity contribution in [3.63, 3.8) is 0 Å². The highest BCUT2D eigenvalue weighted by Gasteiger charge is 2.25. The molecule has 3 aromatic rings. The lowest BCUT2D eigenvalue weighted by atomic mass is 10.1. The zero-order valence-corrected chi connectivity index (χ0v) is 15.8. The Hall–Kier alpha value is -3.18. The first kappa shape index (κ1) is 18.2. The summed E-state index contributed by atoms with van der Waals surface area (Å²) in [4.78, 5) is 26.5. The Labute approximate surface area is 165 Å². The zero-order chi connectivity index (χ0) is 19.7. The number of ketones is 1. The fourth-order valence-corrected chi connectivity index (χ4v) is 3.94. The Morgan fingerprint density at radius 3 is 2.54 bits per heavy atom. The summed E-state index contributed by atoms with van der Waals surface area (Å²) >= 11 is 1.40. The van der Waals surface area contributed by atoms with Gasteiger partial charge < -0.3 is 4.74 Å². The summed E-state index contributed by atoms with van der Waals surface area (Å²) in [7, 11) is 0. The van der Waals surface area contributed by atoms with E-state index in [2.05, 4.69) is 0 Å². The first-order valence-corrected chi connectivity index (χ1v) is 9.44. The van der Waals surface area contributed by atoms with Crippen molar-refractivity contribution in [2.24, 2.45) is 0 Å². The molecule has 3 nitrogen and oxygen atoms in total. The molecule has 0 saturated carbocycles. The number of carbonyl (C=O) groups excluding carboxylic acids is 2. The third-order valence-corrected chi connectivity index (χ3v) is 5.41. The van der Waals surface area contributed by atoms with E-state index < -0.39 is 11.8 Å². The molecular formula is C23H15FO3S. The molecule has 1 aliphatic rings. The lowest BCUT2D eigenvalue weighted by Crippen LogP contribution is -2.09. The van der Waals surface area contributed by atoms with Gasteiger partial charge in [-0.15, -0.1) is 0 Å². The van der Waals surface area contributed by atoms with Gasteiger partial charge in [-0.2, -0.15) is 0 Å². The van der Waals surface area contributed by atoms with Crippen molar-refractivity contribution in [3.8, 4) is 5.75 Å². The minimum atomic E-state index is -0.586. The van der Waals surface area contributed by atoms with Gasteiger partial charge in [0.1, 0.15) is 11.6 Å². The van der Waals surface area contributed by atoms with E-state index in [1.54, 1.807) is 18.2 Å². The summed E-state index contributed by atoms with van der Waals surface area (Å²) in [6.07, 6.45) is 1.74. The first-order valence-electron chi connectivity index (χ1n) is 8.63. The van der Waals surface area contributed by atoms with Crippen LogP contribution in [0.3, 0.4) is 0 Å². The highest BCUT2D eigenvalue weighted by atomic mass is 32.2. The molecular weight excluding hydrogens is 375 g/mol. The van der Waals surface area contributed by atoms with Crippen LogP contribution in [0, 0.1) is 12.7 Å². The molecule has 0 fully saturated rings. The number of ether oxygens (including phenoxy) is 1. The normalized spacial score (nSPS) is 14.2. The second-order valence-corrected chi connectivity index (χ2v) is 7.46. The number of fused-ring (bicyclic) bond motifs is 1. The Bertz CT molecular complexity index is 1120. The van der Waals surface area contributed by atoms with Crippen LogP contribution in [0.5, 0.6) is 5.75 Å². The van der Waals surface area contributed by atoms with Crippen molar-refractivity contribution in [3.05, 3.63) is 99.7 Å². The van der Waals surface area contributed by atoms with E-state index in [4.69, 9.17) is 4.74 Å². The van der Waals surface area contributed by atoms with Crippen molar-refractivity contribution in [2.45, 2.75) is 11.8 Å². The number of halogens is 1. The standard InChI is InChI=1S/C23H15FO3S/c1-14-6-11-19(27-23(26)15-7-9-17(24)10-8-15)16(12-14)13-21-22(25)18-4-2-3-5-20(18)28-21/h2-13H,1H3/b21-13-. The van der Waals surface area contributed by atoms with E-state index in [9.17, 15) is 14.0 Å². The van der Waals surface area contributed by atoms with Crippen LogP contribution in [-0.4, -0.2) is 11.8 Å². The average Bonchev–Trinajstić information content (AvgIpc) is 3.00. The maximum atomic E-state index is 13.1. The van der Waals surface area contributed by atoms with Crippen molar-refractivity contribution in [1.82, 2.24) is 0 Å². The summed E-state index contributed by atoms with van der Waals surface area (Å²) in [5, 5.41) is 0. The van der Waals surface area contributed by atoms with Crippen LogP contribution >= 0.6 is 11.8 Å². The predicted octanol–water partition coefficient (Wildman–Crippen LogP) is 5.68. The maximum absolute atomic E-state index is 13.1. The number of Topliss-reactive ketones (excluding diaryl/α,β-unsaturated/α-hetero) is 1. The molecule has 138 valence electrons. The van der Waals surface area contributed by atoms with Gasteiger partial charge in [0.15, 0.2) is 0 Å². The van der Waals surface area contributed by atoms with Gasteiger partial charge in [-0.05, 0) is 61.5 Å². The van der Waals surface area contributed by atoms with Crippen LogP contribution in [0.25, 0.3) is 6.08 Å². The van der Waals surface area contributed by atoms with Crippen molar-refractivity contribution < 1.29 is 18.7 Å². The molecule has 0 aromatic heterocycles. The minimum Gasteiger partial charge on any atom is -0.422 e. The number of carbonyl (C=O) groups is 2. The molecule has 1 heterocycles. The molecule has 0 radical (unpaired) electrons. The number of hydrogen-bond donors (Lipinski definition) is 0. The zero-order valence-electron chi connectivity index (χ0n) is 14.9. The molecule has 0 unspecified atom stereocenters. The van der Waals surface area contributed by atoms with Gasteiger partial charge >= 0.3 is 5.97 Å². The van der Waals surface area contributed by atoms with E-state index in [0.29, 0.717) is 21.8 Å². The van der Waals surface area contributed by atoms with Gasteiger partial charge in [0, 0.05) is 16.0 Å². The molecule has 0 bridgehead atoms. The molecule has 0 spiro atoms. The summed E-state index contributed by atoms with van der Waals surface area (Å²) in [6.45, 7) is 1.92. The molecule has 0 aliphatic carbocycles. The molecule has 3 aromatic carbocycles. The molecule has 0 saturated heterocycles. The minimum absolute atomic E-state index is 0.0436. The van der Waals surface area contributed by atoms with E-state index in [-0.39, 0.29) is 11.3 Å². The first-order chi connectivity index (χ1) is 13.5. The number of rotatable bonds is 3. The highest BCUT2D eigenvalue weighted by Crippen LogP contribution is 2.41. The largest absolute Gasteiger partial charge is 0.422 e. The maximum Gasteiger partial charge on any atom is 0.343 e. The molecule has 0 N–H and O–H groups in total. The van der Waals surface area contributed by atoms with E-state index >= 15 is 0 Å². The second kappa shape index (κ2) is 7.44. The molecule has 5 heteroatoms. The average molecular weight is 390 g/mol. The molecule has 0 atom stereocenters. The molecule has 4 rings (SSSR count). The van der Waals surface area contributed by atoms with Crippen LogP contribution in [-0.2, 0) is 0 Å². The Balaban J connectivity index is 1.65. The van der Waals surface area contributed by atoms with Gasteiger partial charge in [-0.25, -0.2) is 9.18 Å². The molecule has 1 aliphatic heterocycles. The van der Waals surface area contributed by atoms with Gasteiger partial charge in [-0.3, -0.25) is 4.79 Å². The number of allylic oxidation sites excluding steroid dienone is 1. The van der Waals surface area contributed by atoms with Crippen LogP contribution in [0.4, 0.5) is 4.39 Å². The predicted molar refractivity (Wildman–Crippen MR) is 107 cm³/mol. The summed E-state index contributed by atoms with van der Waals surface area (Å²) in [5.74, 6) is -0.708. The van der Waals surface area contributed by atoms with Crippen molar-refractivity contribution >= 4 is 29.6 Å². The van der Waals surface area contributed by atoms with Crippen LogP contribution in [0.2, 0.25) is 0 Å². The van der Waals surface area contributed by atoms with E-state index in [1.165, 1.54) is 36.0 Å². The lowest BCUT2D eigenvalue weighted by molar-refractivity contribution is 0.0734. The smallest absolute Gasteiger partial charge is 0.343 e. The number of thioether (sulfide) groups is 1. The Kier molecular flexibility index (Phi) is 4.84. The van der Waals surface area contributed by atoms with Gasteiger partial charge in [-0.1, -0.05) is 35.5 Å². The topological polar surface area (TPSA) is 43.4 Å². The van der Waals surface area contributed by atoms with Crippen molar-refractivity contribution in [2.75, 3.05) is 0 Å². The SMILES string of the molecule is Cc1ccc(OC(=O)c2ccc(F)cc2)c(/C=C2\Sc3ccccc3C2=O)c1. The Morgan fingerprint density at radius 1 is 1.04 bits per heavy atom.